The van der Waals surface area contributed by atoms with E-state index in [1.54, 1.807) is 24.5 Å². The van der Waals surface area contributed by atoms with Crippen molar-refractivity contribution in [3.8, 4) is 0 Å². The second kappa shape index (κ2) is 6.89. The van der Waals surface area contributed by atoms with Crippen molar-refractivity contribution in [1.29, 1.82) is 0 Å². The minimum absolute atomic E-state index is 0.123. The van der Waals surface area contributed by atoms with Crippen LogP contribution < -0.4 is 5.56 Å². The fourth-order valence-electron chi connectivity index (χ4n) is 2.47. The second-order valence-electron chi connectivity index (χ2n) is 5.68. The third-order valence-corrected chi connectivity index (χ3v) is 3.97. The summed E-state index contributed by atoms with van der Waals surface area (Å²) in [4.78, 5) is 16.4. The quantitative estimate of drug-likeness (QED) is 0.842. The van der Waals surface area contributed by atoms with Crippen LogP contribution >= 0.6 is 0 Å². The Labute approximate surface area is 128 Å². The molecule has 1 atom stereocenters. The third-order valence-electron chi connectivity index (χ3n) is 3.97. The summed E-state index contributed by atoms with van der Waals surface area (Å²) in [6.45, 7) is 0.615. The highest BCUT2D eigenvalue weighted by atomic mass is 16.5. The van der Waals surface area contributed by atoms with Crippen molar-refractivity contribution in [2.75, 3.05) is 6.61 Å². The van der Waals surface area contributed by atoms with E-state index in [9.17, 15) is 9.90 Å². The summed E-state index contributed by atoms with van der Waals surface area (Å²) >= 11 is 0. The zero-order valence-electron chi connectivity index (χ0n) is 12.4. The Bertz CT molecular complexity index is 646. The average Bonchev–Trinajstić information content (AvgIpc) is 2.93. The molecule has 0 saturated heterocycles. The van der Waals surface area contributed by atoms with Crippen molar-refractivity contribution in [3.05, 3.63) is 52.6 Å². The molecule has 1 aliphatic rings. The molecule has 1 unspecified atom stereocenters. The van der Waals surface area contributed by atoms with Gasteiger partial charge in [0.25, 0.3) is 5.56 Å². The van der Waals surface area contributed by atoms with Crippen LogP contribution in [0.15, 0.2) is 40.0 Å². The van der Waals surface area contributed by atoms with E-state index in [0.29, 0.717) is 18.3 Å². The molecular weight excluding hydrogens is 284 g/mol. The van der Waals surface area contributed by atoms with E-state index >= 15 is 0 Å². The molecule has 6 heteroatoms. The van der Waals surface area contributed by atoms with Crippen LogP contribution in [0.1, 0.15) is 36.6 Å². The van der Waals surface area contributed by atoms with Crippen molar-refractivity contribution >= 4 is 0 Å². The number of furan rings is 1. The molecule has 0 radical (unpaired) electrons. The number of aliphatic hydroxyl groups is 1. The lowest BCUT2D eigenvalue weighted by Crippen LogP contribution is -2.30. The normalized spacial score (nSPS) is 16.4. The molecule has 0 spiro atoms. The first-order valence-corrected chi connectivity index (χ1v) is 7.57. The van der Waals surface area contributed by atoms with E-state index in [0.717, 1.165) is 18.5 Å². The van der Waals surface area contributed by atoms with Gasteiger partial charge in [-0.1, -0.05) is 6.42 Å². The number of aliphatic hydroxyl groups excluding tert-OH is 1. The van der Waals surface area contributed by atoms with Gasteiger partial charge in [-0.3, -0.25) is 9.36 Å². The van der Waals surface area contributed by atoms with Gasteiger partial charge in [0, 0.05) is 12.0 Å². The summed E-state index contributed by atoms with van der Waals surface area (Å²) in [7, 11) is 0. The van der Waals surface area contributed by atoms with Crippen molar-refractivity contribution in [3.63, 3.8) is 0 Å². The zero-order chi connectivity index (χ0) is 15.4. The first kappa shape index (κ1) is 15.0. The van der Waals surface area contributed by atoms with E-state index in [1.165, 1.54) is 17.3 Å². The highest BCUT2D eigenvalue weighted by Crippen LogP contribution is 2.34. The Hall–Kier alpha value is -1.92. The van der Waals surface area contributed by atoms with Crippen LogP contribution in [0, 0.1) is 0 Å². The van der Waals surface area contributed by atoms with Gasteiger partial charge >= 0.3 is 0 Å². The van der Waals surface area contributed by atoms with Crippen LogP contribution in [0.4, 0.5) is 0 Å². The molecule has 2 aromatic heterocycles. The number of hydrogen-bond acceptors (Lipinski definition) is 5. The molecule has 0 amide bonds. The molecule has 1 aliphatic carbocycles. The van der Waals surface area contributed by atoms with E-state index in [2.05, 4.69) is 4.98 Å². The fourth-order valence-corrected chi connectivity index (χ4v) is 2.47. The summed E-state index contributed by atoms with van der Waals surface area (Å²) in [6.07, 6.45) is 5.76. The molecule has 0 aliphatic heterocycles. The minimum Gasteiger partial charge on any atom is -0.467 e. The van der Waals surface area contributed by atoms with Gasteiger partial charge in [-0.25, -0.2) is 4.98 Å². The maximum atomic E-state index is 12.0. The monoisotopic (exact) mass is 304 g/mol. The predicted molar refractivity (Wildman–Crippen MR) is 79.5 cm³/mol. The molecule has 1 N–H and O–H groups in total. The summed E-state index contributed by atoms with van der Waals surface area (Å²) in [6, 6.07) is 5.17. The zero-order valence-corrected chi connectivity index (χ0v) is 12.4. The Morgan fingerprint density at radius 3 is 3.00 bits per heavy atom. The predicted octanol–water partition coefficient (Wildman–Crippen LogP) is 1.68. The maximum Gasteiger partial charge on any atom is 0.253 e. The molecule has 22 heavy (non-hydrogen) atoms. The Morgan fingerprint density at radius 1 is 1.50 bits per heavy atom. The van der Waals surface area contributed by atoms with Crippen molar-refractivity contribution in [1.82, 2.24) is 9.55 Å². The van der Waals surface area contributed by atoms with Gasteiger partial charge in [-0.05, 0) is 25.0 Å². The van der Waals surface area contributed by atoms with Gasteiger partial charge in [0.05, 0.1) is 37.5 Å². The number of hydrogen-bond donors (Lipinski definition) is 1. The standard InChI is InChI=1S/C16H20N2O4/c19-13(9-21-10-14-5-2-6-22-14)8-18-11-17-15(7-16(18)20)12-3-1-4-12/h2,5-7,11-13,19H,1,3-4,8-10H2. The molecule has 1 saturated carbocycles. The second-order valence-corrected chi connectivity index (χ2v) is 5.68. The van der Waals surface area contributed by atoms with Crippen LogP contribution in [0.25, 0.3) is 0 Å². The third kappa shape index (κ3) is 3.64. The van der Waals surface area contributed by atoms with Gasteiger partial charge < -0.3 is 14.3 Å². The smallest absolute Gasteiger partial charge is 0.253 e. The topological polar surface area (TPSA) is 77.5 Å². The molecule has 0 aromatic carbocycles. The summed E-state index contributed by atoms with van der Waals surface area (Å²) in [5.74, 6) is 1.14. The Kier molecular flexibility index (Phi) is 4.70. The van der Waals surface area contributed by atoms with E-state index in [1.807, 2.05) is 0 Å². The van der Waals surface area contributed by atoms with E-state index in [-0.39, 0.29) is 18.7 Å². The number of aromatic nitrogens is 2. The lowest BCUT2D eigenvalue weighted by molar-refractivity contribution is 0.0141. The van der Waals surface area contributed by atoms with Crippen LogP contribution in [-0.4, -0.2) is 27.4 Å². The molecule has 6 nitrogen and oxygen atoms in total. The minimum atomic E-state index is -0.760. The highest BCUT2D eigenvalue weighted by Gasteiger charge is 2.21. The van der Waals surface area contributed by atoms with Gasteiger partial charge in [0.2, 0.25) is 0 Å². The van der Waals surface area contributed by atoms with E-state index < -0.39 is 6.10 Å². The van der Waals surface area contributed by atoms with Gasteiger partial charge in [0.15, 0.2) is 0 Å². The summed E-state index contributed by atoms with van der Waals surface area (Å²) in [5.41, 5.74) is 0.748. The SMILES string of the molecule is O=c1cc(C2CCC2)ncn1CC(O)COCc1ccco1. The first-order chi connectivity index (χ1) is 10.7. The number of nitrogens with zero attached hydrogens (tertiary/aromatic N) is 2. The van der Waals surface area contributed by atoms with Crippen LogP contribution in [0.3, 0.4) is 0 Å². The highest BCUT2D eigenvalue weighted by molar-refractivity contribution is 5.09. The lowest BCUT2D eigenvalue weighted by Gasteiger charge is -2.24. The lowest BCUT2D eigenvalue weighted by atomic mass is 9.83. The molecule has 118 valence electrons. The Morgan fingerprint density at radius 2 is 2.36 bits per heavy atom. The number of ether oxygens (including phenoxy) is 1. The van der Waals surface area contributed by atoms with Crippen LogP contribution in [0.5, 0.6) is 0 Å². The molecule has 3 rings (SSSR count). The van der Waals surface area contributed by atoms with Crippen molar-refractivity contribution < 1.29 is 14.3 Å². The molecular formula is C16H20N2O4. The van der Waals surface area contributed by atoms with Crippen LogP contribution in [-0.2, 0) is 17.9 Å². The van der Waals surface area contributed by atoms with Crippen LogP contribution in [0.2, 0.25) is 0 Å². The largest absolute Gasteiger partial charge is 0.467 e. The van der Waals surface area contributed by atoms with Gasteiger partial charge in [0.1, 0.15) is 12.4 Å². The first-order valence-electron chi connectivity index (χ1n) is 7.57. The average molecular weight is 304 g/mol. The number of rotatable bonds is 7. The maximum absolute atomic E-state index is 12.0. The molecule has 2 aromatic rings. The Balaban J connectivity index is 1.50. The summed E-state index contributed by atoms with van der Waals surface area (Å²) < 4.78 is 11.9. The molecule has 1 fully saturated rings. The van der Waals surface area contributed by atoms with Crippen molar-refractivity contribution in [2.24, 2.45) is 0 Å². The summed E-state index contributed by atoms with van der Waals surface area (Å²) in [5, 5.41) is 9.95. The molecule has 2 heterocycles. The van der Waals surface area contributed by atoms with E-state index in [4.69, 9.17) is 9.15 Å². The molecule has 0 bridgehead atoms. The van der Waals surface area contributed by atoms with Gasteiger partial charge in [-0.2, -0.15) is 0 Å². The van der Waals surface area contributed by atoms with Crippen molar-refractivity contribution in [2.45, 2.75) is 44.4 Å². The van der Waals surface area contributed by atoms with Gasteiger partial charge in [-0.15, -0.1) is 0 Å². The fraction of sp³-hybridized carbons (Fsp3) is 0.500.